The molecule has 1 rings (SSSR count). The molecule has 1 aromatic rings. The number of rotatable bonds is 5. The van der Waals surface area contributed by atoms with Crippen LogP contribution >= 0.6 is 23.2 Å². The van der Waals surface area contributed by atoms with E-state index in [-0.39, 0.29) is 22.4 Å². The lowest BCUT2D eigenvalue weighted by Gasteiger charge is -2.25. The molecule has 0 unspecified atom stereocenters. The van der Waals surface area contributed by atoms with E-state index in [2.05, 4.69) is 10.3 Å². The first-order valence-corrected chi connectivity index (χ1v) is 6.39. The molecule has 19 heavy (non-hydrogen) atoms. The fourth-order valence-electron chi connectivity index (χ4n) is 1.60. The maximum absolute atomic E-state index is 12.6. The first-order valence-electron chi connectivity index (χ1n) is 5.64. The molecule has 0 aliphatic rings. The van der Waals surface area contributed by atoms with Gasteiger partial charge < -0.3 is 10.2 Å². The lowest BCUT2D eigenvalue weighted by atomic mass is 10.3. The van der Waals surface area contributed by atoms with Crippen LogP contribution in [0.25, 0.3) is 0 Å². The molecule has 1 N–H and O–H groups in total. The van der Waals surface area contributed by atoms with Gasteiger partial charge in [-0.2, -0.15) is 13.2 Å². The molecule has 0 bridgehead atoms. The topological polar surface area (TPSA) is 28.2 Å². The molecule has 0 saturated heterocycles. The fourth-order valence-corrected chi connectivity index (χ4v) is 2.17. The summed E-state index contributed by atoms with van der Waals surface area (Å²) in [7, 11) is 1.58. The minimum atomic E-state index is -4.32. The van der Waals surface area contributed by atoms with E-state index < -0.39 is 12.7 Å². The van der Waals surface area contributed by atoms with Crippen molar-refractivity contribution in [2.24, 2.45) is 0 Å². The number of hydrogen-bond donors (Lipinski definition) is 1. The van der Waals surface area contributed by atoms with Crippen LogP contribution in [0.1, 0.15) is 13.3 Å². The van der Waals surface area contributed by atoms with E-state index >= 15 is 0 Å². The molecule has 8 heteroatoms. The molecule has 0 aliphatic heterocycles. The van der Waals surface area contributed by atoms with E-state index in [0.717, 1.165) is 4.90 Å². The van der Waals surface area contributed by atoms with Gasteiger partial charge >= 0.3 is 6.18 Å². The molecule has 1 heterocycles. The molecule has 1 aromatic heterocycles. The number of hydrogen-bond acceptors (Lipinski definition) is 3. The molecule has 0 fully saturated rings. The van der Waals surface area contributed by atoms with Crippen molar-refractivity contribution in [3.63, 3.8) is 0 Å². The first-order chi connectivity index (χ1) is 8.78. The van der Waals surface area contributed by atoms with E-state index in [1.807, 2.05) is 0 Å². The summed E-state index contributed by atoms with van der Waals surface area (Å²) < 4.78 is 37.7. The second kappa shape index (κ2) is 6.52. The highest BCUT2D eigenvalue weighted by Crippen LogP contribution is 2.32. The van der Waals surface area contributed by atoms with Gasteiger partial charge in [0.05, 0.1) is 10.0 Å². The van der Waals surface area contributed by atoms with Gasteiger partial charge in [-0.25, -0.2) is 4.98 Å². The Morgan fingerprint density at radius 2 is 1.95 bits per heavy atom. The number of aromatic nitrogens is 1. The predicted octanol–water partition coefficient (Wildman–Crippen LogP) is 4.21. The zero-order valence-corrected chi connectivity index (χ0v) is 12.0. The number of alkyl halides is 3. The lowest BCUT2D eigenvalue weighted by Crippen LogP contribution is -2.35. The quantitative estimate of drug-likeness (QED) is 0.882. The van der Waals surface area contributed by atoms with Crippen molar-refractivity contribution in [2.45, 2.75) is 19.5 Å². The second-order valence-corrected chi connectivity index (χ2v) is 4.73. The molecule has 0 radical (unpaired) electrons. The van der Waals surface area contributed by atoms with Crippen molar-refractivity contribution in [3.05, 3.63) is 16.1 Å². The van der Waals surface area contributed by atoms with Gasteiger partial charge in [-0.15, -0.1) is 0 Å². The third-order valence-corrected chi connectivity index (χ3v) is 2.88. The normalized spacial score (nSPS) is 11.5. The summed E-state index contributed by atoms with van der Waals surface area (Å²) in [6.45, 7) is 0.890. The Morgan fingerprint density at radius 3 is 2.42 bits per heavy atom. The fraction of sp³-hybridized carbons (Fsp3) is 0.545. The number of nitrogens with zero attached hydrogens (tertiary/aromatic N) is 2. The van der Waals surface area contributed by atoms with Gasteiger partial charge in [0.2, 0.25) is 0 Å². The minimum absolute atomic E-state index is 0.0783. The van der Waals surface area contributed by atoms with Crippen molar-refractivity contribution in [1.29, 1.82) is 0 Å². The first kappa shape index (κ1) is 16.2. The summed E-state index contributed by atoms with van der Waals surface area (Å²) in [5.74, 6) is 0.374. The van der Waals surface area contributed by atoms with Gasteiger partial charge in [-0.3, -0.25) is 0 Å². The van der Waals surface area contributed by atoms with Crippen LogP contribution in [0.4, 0.5) is 24.8 Å². The van der Waals surface area contributed by atoms with Crippen molar-refractivity contribution in [1.82, 2.24) is 4.98 Å². The number of pyridine rings is 1. The Morgan fingerprint density at radius 1 is 1.32 bits per heavy atom. The molecular formula is C11H14Cl2F3N3. The smallest absolute Gasteiger partial charge is 0.372 e. The summed E-state index contributed by atoms with van der Waals surface area (Å²) in [6.07, 6.45) is -3.77. The number of nitrogens with one attached hydrogen (secondary N) is 1. The van der Waals surface area contributed by atoms with E-state index in [4.69, 9.17) is 23.2 Å². The summed E-state index contributed by atoms with van der Waals surface area (Å²) in [4.78, 5) is 5.14. The van der Waals surface area contributed by atoms with Crippen molar-refractivity contribution < 1.29 is 13.2 Å². The summed E-state index contributed by atoms with van der Waals surface area (Å²) >= 11 is 11.8. The highest BCUT2D eigenvalue weighted by atomic mass is 35.5. The average molecular weight is 316 g/mol. The minimum Gasteiger partial charge on any atom is -0.372 e. The maximum atomic E-state index is 12.6. The summed E-state index contributed by atoms with van der Waals surface area (Å²) in [5.41, 5.74) is 0. The Kier molecular flexibility index (Phi) is 5.55. The summed E-state index contributed by atoms with van der Waals surface area (Å²) in [6, 6.07) is 1.39. The Bertz CT molecular complexity index is 438. The van der Waals surface area contributed by atoms with E-state index in [1.54, 1.807) is 14.0 Å². The number of anilines is 2. The van der Waals surface area contributed by atoms with Crippen LogP contribution < -0.4 is 10.2 Å². The lowest BCUT2D eigenvalue weighted by molar-refractivity contribution is -0.119. The van der Waals surface area contributed by atoms with E-state index in [9.17, 15) is 13.2 Å². The second-order valence-electron chi connectivity index (χ2n) is 3.91. The molecule has 0 aliphatic carbocycles. The Balaban J connectivity index is 3.14. The van der Waals surface area contributed by atoms with Gasteiger partial charge in [0.1, 0.15) is 18.2 Å². The SMILES string of the molecule is CCCN(CC(F)(F)F)c1nc(NC)c(Cl)cc1Cl. The summed E-state index contributed by atoms with van der Waals surface area (Å²) in [5, 5.41) is 3.08. The standard InChI is InChI=1S/C11H14Cl2F3N3/c1-3-4-19(6-11(14,15)16)10-8(13)5-7(12)9(17-2)18-10/h5H,3-4,6H2,1-2H3,(H,17,18). The predicted molar refractivity (Wildman–Crippen MR) is 72.4 cm³/mol. The maximum Gasteiger partial charge on any atom is 0.405 e. The van der Waals surface area contributed by atoms with Crippen molar-refractivity contribution in [2.75, 3.05) is 30.4 Å². The molecule has 0 aromatic carbocycles. The van der Waals surface area contributed by atoms with Gasteiger partial charge in [0.25, 0.3) is 0 Å². The van der Waals surface area contributed by atoms with Crippen LogP contribution in [-0.4, -0.2) is 31.3 Å². The monoisotopic (exact) mass is 315 g/mol. The van der Waals surface area contributed by atoms with Gasteiger partial charge in [-0.1, -0.05) is 30.1 Å². The van der Waals surface area contributed by atoms with Crippen LogP contribution in [0.2, 0.25) is 10.0 Å². The largest absolute Gasteiger partial charge is 0.405 e. The van der Waals surface area contributed by atoms with Crippen LogP contribution in [0.3, 0.4) is 0 Å². The molecule has 0 amide bonds. The molecule has 3 nitrogen and oxygen atoms in total. The van der Waals surface area contributed by atoms with Crippen molar-refractivity contribution >= 4 is 34.8 Å². The zero-order valence-electron chi connectivity index (χ0n) is 10.5. The van der Waals surface area contributed by atoms with Crippen molar-refractivity contribution in [3.8, 4) is 0 Å². The molecule has 108 valence electrons. The van der Waals surface area contributed by atoms with Crippen LogP contribution in [-0.2, 0) is 0 Å². The van der Waals surface area contributed by atoms with Crippen LogP contribution in [0, 0.1) is 0 Å². The van der Waals surface area contributed by atoms with E-state index in [0.29, 0.717) is 12.2 Å². The molecule has 0 saturated carbocycles. The highest BCUT2D eigenvalue weighted by Gasteiger charge is 2.32. The molecule has 0 spiro atoms. The van der Waals surface area contributed by atoms with Gasteiger partial charge in [-0.05, 0) is 12.5 Å². The van der Waals surface area contributed by atoms with Gasteiger partial charge in [0.15, 0.2) is 0 Å². The average Bonchev–Trinajstić information content (AvgIpc) is 2.27. The van der Waals surface area contributed by atoms with Crippen LogP contribution in [0.5, 0.6) is 0 Å². The highest BCUT2D eigenvalue weighted by molar-refractivity contribution is 6.37. The van der Waals surface area contributed by atoms with Gasteiger partial charge in [0, 0.05) is 13.6 Å². The third kappa shape index (κ3) is 4.62. The van der Waals surface area contributed by atoms with Crippen LogP contribution in [0.15, 0.2) is 6.07 Å². The molecule has 0 atom stereocenters. The molecular weight excluding hydrogens is 302 g/mol. The Labute approximate surface area is 119 Å². The number of halogens is 5. The third-order valence-electron chi connectivity index (χ3n) is 2.31. The zero-order chi connectivity index (χ0) is 14.6. The van der Waals surface area contributed by atoms with E-state index in [1.165, 1.54) is 6.07 Å². The Hall–Kier alpha value is -0.880.